The van der Waals surface area contributed by atoms with E-state index in [0.29, 0.717) is 0 Å². The van der Waals surface area contributed by atoms with Crippen molar-refractivity contribution >= 4 is 11.8 Å². The van der Waals surface area contributed by atoms with E-state index in [9.17, 15) is 19.8 Å². The smallest absolute Gasteiger partial charge is 0.262 e. The van der Waals surface area contributed by atoms with Gasteiger partial charge in [0.15, 0.2) is 6.29 Å². The van der Waals surface area contributed by atoms with E-state index in [4.69, 9.17) is 15.2 Å². The molecule has 0 aromatic heterocycles. The number of ether oxygens (including phenoxy) is 2. The summed E-state index contributed by atoms with van der Waals surface area (Å²) >= 11 is 0. The number of fused-ring (bicyclic) bond motifs is 1. The molecule has 2 unspecified atom stereocenters. The molecule has 2 heterocycles. The minimum Gasteiger partial charge on any atom is -0.388 e. The maximum atomic E-state index is 12.5. The lowest BCUT2D eigenvalue weighted by atomic mass is 9.95. The van der Waals surface area contributed by atoms with Gasteiger partial charge in [-0.15, -0.1) is 0 Å². The van der Waals surface area contributed by atoms with Crippen LogP contribution in [0.1, 0.15) is 20.7 Å². The predicted octanol–water partition coefficient (Wildman–Crippen LogP) is -1.30. The molecule has 1 aromatic rings. The standard InChI is InChI=1S/C15H18N2O6/c1-22-15-10(12(19)11(18)9(6-16)23-15)17-13(20)7-4-2-3-5-8(7)14(17)21/h2-5,9-12,15,18-19H,6,16H2,1H3/t9?,10-,11+,12+,15?/m0/s1. The van der Waals surface area contributed by atoms with E-state index >= 15 is 0 Å². The molecule has 8 nitrogen and oxygen atoms in total. The number of hydrogen-bond acceptors (Lipinski definition) is 7. The van der Waals surface area contributed by atoms with Gasteiger partial charge >= 0.3 is 0 Å². The molecule has 0 bridgehead atoms. The summed E-state index contributed by atoms with van der Waals surface area (Å²) < 4.78 is 10.7. The predicted molar refractivity (Wildman–Crippen MR) is 77.5 cm³/mol. The molecule has 23 heavy (non-hydrogen) atoms. The molecule has 1 saturated heterocycles. The molecular formula is C15H18N2O6. The molecule has 8 heteroatoms. The molecule has 1 fully saturated rings. The van der Waals surface area contributed by atoms with Crippen molar-refractivity contribution in [1.29, 1.82) is 0 Å². The van der Waals surface area contributed by atoms with Crippen molar-refractivity contribution in [2.24, 2.45) is 5.73 Å². The largest absolute Gasteiger partial charge is 0.388 e. The summed E-state index contributed by atoms with van der Waals surface area (Å²) in [5.74, 6) is -1.11. The van der Waals surface area contributed by atoms with Crippen LogP contribution >= 0.6 is 0 Å². The van der Waals surface area contributed by atoms with E-state index in [1.807, 2.05) is 0 Å². The Kier molecular flexibility index (Phi) is 4.17. The molecule has 2 amide bonds. The van der Waals surface area contributed by atoms with Crippen molar-refractivity contribution < 1.29 is 29.3 Å². The highest BCUT2D eigenvalue weighted by molar-refractivity contribution is 6.21. The van der Waals surface area contributed by atoms with E-state index in [-0.39, 0.29) is 17.7 Å². The summed E-state index contributed by atoms with van der Waals surface area (Å²) in [6.45, 7) is -0.0348. The quantitative estimate of drug-likeness (QED) is 0.591. The number of nitrogens with two attached hydrogens (primary N) is 1. The average molecular weight is 322 g/mol. The van der Waals surface area contributed by atoms with Gasteiger partial charge in [0.1, 0.15) is 24.4 Å². The van der Waals surface area contributed by atoms with Crippen molar-refractivity contribution in [1.82, 2.24) is 4.90 Å². The van der Waals surface area contributed by atoms with Gasteiger partial charge in [0.25, 0.3) is 11.8 Å². The van der Waals surface area contributed by atoms with Crippen molar-refractivity contribution in [2.75, 3.05) is 13.7 Å². The fourth-order valence-electron chi connectivity index (χ4n) is 3.06. The molecule has 1 aromatic carbocycles. The minimum atomic E-state index is -1.43. The molecule has 0 saturated carbocycles. The second-order valence-corrected chi connectivity index (χ2v) is 5.51. The van der Waals surface area contributed by atoms with Crippen LogP contribution in [0.25, 0.3) is 0 Å². The number of aliphatic hydroxyl groups excluding tert-OH is 2. The lowest BCUT2D eigenvalue weighted by Gasteiger charge is -2.44. The Morgan fingerprint density at radius 3 is 2.22 bits per heavy atom. The molecular weight excluding hydrogens is 304 g/mol. The van der Waals surface area contributed by atoms with E-state index in [2.05, 4.69) is 0 Å². The first-order chi connectivity index (χ1) is 11.0. The van der Waals surface area contributed by atoms with E-state index < -0.39 is 42.5 Å². The van der Waals surface area contributed by atoms with Crippen LogP contribution in [-0.2, 0) is 9.47 Å². The maximum absolute atomic E-state index is 12.5. The highest BCUT2D eigenvalue weighted by Crippen LogP contribution is 2.32. The number of nitrogens with zero attached hydrogens (tertiary/aromatic N) is 1. The number of imide groups is 1. The van der Waals surface area contributed by atoms with Crippen LogP contribution < -0.4 is 5.73 Å². The average Bonchev–Trinajstić information content (AvgIpc) is 2.82. The van der Waals surface area contributed by atoms with Crippen molar-refractivity contribution in [3.8, 4) is 0 Å². The monoisotopic (exact) mass is 322 g/mol. The lowest BCUT2D eigenvalue weighted by molar-refractivity contribution is -0.263. The topological polar surface area (TPSA) is 122 Å². The Morgan fingerprint density at radius 2 is 1.74 bits per heavy atom. The van der Waals surface area contributed by atoms with Crippen LogP contribution in [0, 0.1) is 0 Å². The van der Waals surface area contributed by atoms with E-state index in [1.54, 1.807) is 12.1 Å². The van der Waals surface area contributed by atoms with Gasteiger partial charge < -0.3 is 25.4 Å². The Morgan fingerprint density at radius 1 is 1.17 bits per heavy atom. The fraction of sp³-hybridized carbons (Fsp3) is 0.467. The molecule has 0 aliphatic carbocycles. The van der Waals surface area contributed by atoms with Crippen LogP contribution in [0.15, 0.2) is 24.3 Å². The molecule has 5 atom stereocenters. The van der Waals surface area contributed by atoms with E-state index in [1.165, 1.54) is 19.2 Å². The third-order valence-electron chi connectivity index (χ3n) is 4.26. The second kappa shape index (κ2) is 5.99. The van der Waals surface area contributed by atoms with Gasteiger partial charge in [0.05, 0.1) is 11.1 Å². The van der Waals surface area contributed by atoms with Crippen molar-refractivity contribution in [3.05, 3.63) is 35.4 Å². The molecule has 0 spiro atoms. The second-order valence-electron chi connectivity index (χ2n) is 5.51. The zero-order valence-corrected chi connectivity index (χ0v) is 12.5. The molecule has 124 valence electrons. The molecule has 4 N–H and O–H groups in total. The summed E-state index contributed by atoms with van der Waals surface area (Å²) in [6, 6.07) is 5.20. The summed E-state index contributed by atoms with van der Waals surface area (Å²) in [7, 11) is 1.33. The van der Waals surface area contributed by atoms with Gasteiger partial charge in [-0.2, -0.15) is 0 Å². The molecule has 3 rings (SSSR count). The van der Waals surface area contributed by atoms with Crippen LogP contribution in [-0.4, -0.2) is 71.2 Å². The van der Waals surface area contributed by atoms with Crippen LogP contribution in [0.5, 0.6) is 0 Å². The number of aliphatic hydroxyl groups is 2. The van der Waals surface area contributed by atoms with Crippen LogP contribution in [0.2, 0.25) is 0 Å². The number of rotatable bonds is 3. The molecule has 0 radical (unpaired) electrons. The van der Waals surface area contributed by atoms with E-state index in [0.717, 1.165) is 4.90 Å². The van der Waals surface area contributed by atoms with Crippen molar-refractivity contribution in [2.45, 2.75) is 30.6 Å². The van der Waals surface area contributed by atoms with Gasteiger partial charge in [-0.05, 0) is 12.1 Å². The first-order valence-corrected chi connectivity index (χ1v) is 7.22. The summed E-state index contributed by atoms with van der Waals surface area (Å²) in [5.41, 5.74) is 5.99. The maximum Gasteiger partial charge on any atom is 0.262 e. The van der Waals surface area contributed by atoms with Gasteiger partial charge in [0, 0.05) is 13.7 Å². The summed E-state index contributed by atoms with van der Waals surface area (Å²) in [5, 5.41) is 20.5. The van der Waals surface area contributed by atoms with Crippen molar-refractivity contribution in [3.63, 3.8) is 0 Å². The number of hydrogen-bond donors (Lipinski definition) is 3. The lowest BCUT2D eigenvalue weighted by Crippen LogP contribution is -2.66. The highest BCUT2D eigenvalue weighted by atomic mass is 16.7. The Bertz CT molecular complexity index is 599. The Labute approximate surface area is 132 Å². The molecule has 2 aliphatic heterocycles. The zero-order chi connectivity index (χ0) is 16.7. The van der Waals surface area contributed by atoms with Crippen LogP contribution in [0.3, 0.4) is 0 Å². The minimum absolute atomic E-state index is 0.0348. The van der Waals surface area contributed by atoms with Gasteiger partial charge in [0.2, 0.25) is 0 Å². The number of carbonyl (C=O) groups excluding carboxylic acids is 2. The van der Waals surface area contributed by atoms with Crippen LogP contribution in [0.4, 0.5) is 0 Å². The number of methoxy groups -OCH3 is 1. The number of carbonyl (C=O) groups is 2. The Hall–Kier alpha value is -1.84. The van der Waals surface area contributed by atoms with Gasteiger partial charge in [-0.3, -0.25) is 14.5 Å². The normalized spacial score (nSPS) is 33.9. The third-order valence-corrected chi connectivity index (χ3v) is 4.26. The zero-order valence-electron chi connectivity index (χ0n) is 12.5. The summed E-state index contributed by atoms with van der Waals surface area (Å²) in [6.07, 6.45) is -4.68. The summed E-state index contributed by atoms with van der Waals surface area (Å²) in [4.78, 5) is 26.0. The molecule has 2 aliphatic rings. The third kappa shape index (κ3) is 2.35. The number of amides is 2. The number of benzene rings is 1. The Balaban J connectivity index is 1.97. The fourth-order valence-corrected chi connectivity index (χ4v) is 3.06. The van der Waals surface area contributed by atoms with Gasteiger partial charge in [-0.1, -0.05) is 12.1 Å². The SMILES string of the molecule is COC1OC(CN)[C@@H](O)[C@H](O)[C@@H]1N1C(=O)c2ccccc2C1=O. The first kappa shape index (κ1) is 16.0. The first-order valence-electron chi connectivity index (χ1n) is 7.22. The highest BCUT2D eigenvalue weighted by Gasteiger charge is 2.52. The van der Waals surface area contributed by atoms with Gasteiger partial charge in [-0.25, -0.2) is 0 Å².